The Bertz CT molecular complexity index is 2580. The van der Waals surface area contributed by atoms with Crippen molar-refractivity contribution < 1.29 is 33.7 Å². The Balaban J connectivity index is 1.04. The van der Waals surface area contributed by atoms with E-state index in [0.29, 0.717) is 140 Å². The third-order valence-electron chi connectivity index (χ3n) is 13.4. The molecule has 2 aliphatic rings. The molecule has 2 amide bonds. The number of nitrogens with one attached hydrogen (secondary N) is 2. The number of piperazine rings is 2. The number of para-hydroxylation sites is 1. The van der Waals surface area contributed by atoms with Crippen molar-refractivity contribution in [3.05, 3.63) is 59.8 Å². The number of nitrogens with zero attached hydrogens (tertiary/aromatic N) is 13. The highest BCUT2D eigenvalue weighted by molar-refractivity contribution is 5.83. The number of rotatable bonds is 28. The average Bonchev–Trinajstić information content (AvgIpc) is 4.20. The van der Waals surface area contributed by atoms with Gasteiger partial charge in [-0.1, -0.05) is 68.7 Å². The zero-order valence-corrected chi connectivity index (χ0v) is 43.1. The van der Waals surface area contributed by atoms with Crippen LogP contribution in [0, 0.1) is 24.2 Å². The van der Waals surface area contributed by atoms with Crippen molar-refractivity contribution in [1.82, 2.24) is 59.7 Å². The van der Waals surface area contributed by atoms with E-state index >= 15 is 0 Å². The van der Waals surface area contributed by atoms with E-state index in [2.05, 4.69) is 70.6 Å². The summed E-state index contributed by atoms with van der Waals surface area (Å²) in [7, 11) is 0. The van der Waals surface area contributed by atoms with Gasteiger partial charge in [0.25, 0.3) is 0 Å². The van der Waals surface area contributed by atoms with Gasteiger partial charge in [0, 0.05) is 83.0 Å². The molecule has 0 saturated carbocycles. The molecule has 7 rings (SSSR count). The van der Waals surface area contributed by atoms with Gasteiger partial charge in [0.2, 0.25) is 29.7 Å². The topological polar surface area (TPSA) is 292 Å². The second-order valence-electron chi connectivity index (χ2n) is 19.2. The third kappa shape index (κ3) is 14.9. The fourth-order valence-electron chi connectivity index (χ4n) is 8.95. The van der Waals surface area contributed by atoms with Crippen LogP contribution in [-0.2, 0) is 35.0 Å². The fourth-order valence-corrected chi connectivity index (χ4v) is 8.95. The predicted molar refractivity (Wildman–Crippen MR) is 277 cm³/mol. The van der Waals surface area contributed by atoms with Crippen molar-refractivity contribution >= 4 is 46.5 Å². The number of hydrogen-bond acceptors (Lipinski definition) is 18. The molecule has 2 unspecified atom stereocenters. The van der Waals surface area contributed by atoms with Crippen molar-refractivity contribution in [3.8, 4) is 12.3 Å². The lowest BCUT2D eigenvalue weighted by Gasteiger charge is -2.38. The molecule has 7 N–H and O–H groups in total. The number of ether oxygens (including phenoxy) is 3. The molecule has 0 bridgehead atoms. The molecule has 0 aliphatic carbocycles. The molecule has 2 saturated heterocycles. The summed E-state index contributed by atoms with van der Waals surface area (Å²) < 4.78 is 19.7. The van der Waals surface area contributed by atoms with Gasteiger partial charge in [0.1, 0.15) is 18.7 Å². The number of benzene rings is 1. The summed E-state index contributed by atoms with van der Waals surface area (Å²) in [5.74, 6) is 2.77. The van der Waals surface area contributed by atoms with Crippen LogP contribution in [-0.4, -0.2) is 181 Å². The Hall–Kier alpha value is -6.78. The first-order valence-electron chi connectivity index (χ1n) is 25.7. The van der Waals surface area contributed by atoms with E-state index in [9.17, 15) is 19.5 Å². The Morgan fingerprint density at radius 1 is 0.797 bits per heavy atom. The van der Waals surface area contributed by atoms with Gasteiger partial charge in [-0.15, -0.1) is 16.6 Å². The highest BCUT2D eigenvalue weighted by atomic mass is 16.5. The molecule has 6 heterocycles. The molecule has 0 radical (unpaired) electrons. The molecule has 400 valence electrons. The summed E-state index contributed by atoms with van der Waals surface area (Å²) in [5, 5.41) is 31.3. The van der Waals surface area contributed by atoms with Crippen molar-refractivity contribution in [1.29, 1.82) is 0 Å². The van der Waals surface area contributed by atoms with Gasteiger partial charge in [-0.25, -0.2) is 9.36 Å². The number of hydrogen-bond donors (Lipinski definition) is 5. The summed E-state index contributed by atoms with van der Waals surface area (Å²) in [5.41, 5.74) is 16.0. The number of aromatic amines is 1. The van der Waals surface area contributed by atoms with Gasteiger partial charge in [0.15, 0.2) is 0 Å². The van der Waals surface area contributed by atoms with E-state index < -0.39 is 18.1 Å². The number of carboxylic acids is 1. The lowest BCUT2D eigenvalue weighted by molar-refractivity contribution is -0.139. The largest absolute Gasteiger partial charge is 0.481 e. The summed E-state index contributed by atoms with van der Waals surface area (Å²) in [6.07, 6.45) is 10.4. The minimum Gasteiger partial charge on any atom is -0.481 e. The molecule has 5 atom stereocenters. The number of aromatic nitrogens is 10. The van der Waals surface area contributed by atoms with E-state index in [1.807, 2.05) is 45.2 Å². The maximum Gasteiger partial charge on any atom is 0.303 e. The monoisotopic (exact) mass is 1020 g/mol. The van der Waals surface area contributed by atoms with Crippen LogP contribution in [0.3, 0.4) is 0 Å². The van der Waals surface area contributed by atoms with Crippen LogP contribution >= 0.6 is 0 Å². The van der Waals surface area contributed by atoms with Gasteiger partial charge in [-0.2, -0.15) is 15.0 Å². The van der Waals surface area contributed by atoms with Gasteiger partial charge in [-0.05, 0) is 42.2 Å². The summed E-state index contributed by atoms with van der Waals surface area (Å²) in [6, 6.07) is 7.85. The maximum absolute atomic E-state index is 14.7. The zero-order valence-electron chi connectivity index (χ0n) is 43.1. The lowest BCUT2D eigenvalue weighted by Crippen LogP contribution is -2.52. The minimum atomic E-state index is -1.01. The number of amides is 2. The molecule has 1 aromatic carbocycles. The smallest absolute Gasteiger partial charge is 0.303 e. The zero-order chi connectivity index (χ0) is 52.6. The molecular formula is C50H73N17O7. The quantitative estimate of drug-likeness (QED) is 0.0355. The van der Waals surface area contributed by atoms with Crippen LogP contribution in [0.1, 0.15) is 94.6 Å². The number of fused-ring (bicyclic) bond motifs is 1. The van der Waals surface area contributed by atoms with Crippen LogP contribution in [0.4, 0.5) is 17.8 Å². The molecule has 2 fully saturated rings. The van der Waals surface area contributed by atoms with Crippen molar-refractivity contribution in [2.45, 2.75) is 84.0 Å². The van der Waals surface area contributed by atoms with Gasteiger partial charge in [-0.3, -0.25) is 14.4 Å². The maximum atomic E-state index is 14.7. The number of anilines is 3. The number of nitrogens with two attached hydrogens (primary N) is 2. The Morgan fingerprint density at radius 3 is 1.99 bits per heavy atom. The average molecular weight is 1020 g/mol. The van der Waals surface area contributed by atoms with Gasteiger partial charge < -0.3 is 60.7 Å². The van der Waals surface area contributed by atoms with Crippen LogP contribution in [0.5, 0.6) is 0 Å². The second-order valence-corrected chi connectivity index (χ2v) is 19.2. The fraction of sp³-hybridized carbons (Fsp3) is 0.600. The molecule has 74 heavy (non-hydrogen) atoms. The van der Waals surface area contributed by atoms with Crippen LogP contribution < -0.4 is 26.6 Å². The minimum absolute atomic E-state index is 0.0411. The first-order chi connectivity index (χ1) is 35.8. The normalized spacial score (nSPS) is 16.3. The first-order valence-corrected chi connectivity index (χ1v) is 25.7. The number of terminal acetylenes is 1. The Morgan fingerprint density at radius 2 is 1.38 bits per heavy atom. The van der Waals surface area contributed by atoms with Crippen molar-refractivity contribution in [2.24, 2.45) is 23.3 Å². The molecule has 2 aliphatic heterocycles. The van der Waals surface area contributed by atoms with Crippen LogP contribution in [0.15, 0.2) is 42.7 Å². The molecule has 24 heteroatoms. The number of carboxylic acid groups (broad SMARTS) is 1. The van der Waals surface area contributed by atoms with Gasteiger partial charge in [0.05, 0.1) is 68.9 Å². The Labute approximate surface area is 431 Å². The lowest BCUT2D eigenvalue weighted by atomic mass is 9.98. The number of aliphatic carboxylic acids is 1. The summed E-state index contributed by atoms with van der Waals surface area (Å²) >= 11 is 0. The molecule has 0 spiro atoms. The molecule has 5 aromatic rings. The Kier molecular flexibility index (Phi) is 20.0. The van der Waals surface area contributed by atoms with Crippen LogP contribution in [0.25, 0.3) is 10.9 Å². The second kappa shape index (κ2) is 27.0. The number of carbonyl (C=O) groups excluding carboxylic acids is 2. The van der Waals surface area contributed by atoms with E-state index in [1.165, 1.54) is 4.68 Å². The predicted octanol–water partition coefficient (Wildman–Crippen LogP) is 2.61. The first kappa shape index (κ1) is 55.0. The van der Waals surface area contributed by atoms with E-state index in [4.69, 9.17) is 47.1 Å². The molecule has 24 nitrogen and oxygen atoms in total. The standard InChI is InChI=1S/C50H73N17O7/c1-6-23-72-25-27-74-28-26-73-24-14-53-48-55-49(64-19-15-62(16-20-64)46(70)42(12-13-44(68)69)66-32-40(58-60-66)38(51)29-34(3)4)57-50(56-48)65-21-17-63(18-22-65)47(71)43(31-37-30-36-10-8-9-11-39(36)54-37)67-33-41(59-61-67)45(52)35(5)7-2/h1,8-11,30,32-35,38,42-43,45,54H,7,12-29,31,51-52H2,2-5H3,(H,68,69)(H,53,55,56,57)/t35-,38?,42+,43+,45?/m1/s1. The van der Waals surface area contributed by atoms with Crippen molar-refractivity contribution in [3.63, 3.8) is 0 Å². The molecular weight excluding hydrogens is 951 g/mol. The highest BCUT2D eigenvalue weighted by Gasteiger charge is 2.34. The van der Waals surface area contributed by atoms with E-state index in [1.54, 1.807) is 15.8 Å². The van der Waals surface area contributed by atoms with E-state index in [-0.39, 0.29) is 49.3 Å². The van der Waals surface area contributed by atoms with Crippen LogP contribution in [0.2, 0.25) is 0 Å². The van der Waals surface area contributed by atoms with Gasteiger partial charge >= 0.3 is 5.97 Å². The summed E-state index contributed by atoms with van der Waals surface area (Å²) in [4.78, 5) is 66.3. The van der Waals surface area contributed by atoms with E-state index in [0.717, 1.165) is 23.0 Å². The SMILES string of the molecule is C#CCOCCOCCOCCNc1nc(N2CCN(C(=O)[C@H](CCC(=O)O)n3cc(C(N)CC(C)C)nn3)CC2)nc(N2CCN(C(=O)[C@H](Cc3cc4ccccc4[nH]3)n3cc(C(N)[C@H](C)CC)nn3)CC2)n1. The molecule has 4 aromatic heterocycles. The summed E-state index contributed by atoms with van der Waals surface area (Å²) in [6.45, 7) is 14.0. The number of H-pyrrole nitrogens is 1. The van der Waals surface area contributed by atoms with Crippen molar-refractivity contribution in [2.75, 3.05) is 114 Å². The third-order valence-corrected chi connectivity index (χ3v) is 13.4. The number of carbonyl (C=O) groups is 3. The highest BCUT2D eigenvalue weighted by Crippen LogP contribution is 2.27.